The number of benzene rings is 1. The zero-order chi connectivity index (χ0) is 21.2. The molecular formula is C23H35NO4. The molecule has 0 aliphatic rings. The number of allylic oxidation sites excluding steroid dienone is 1. The Morgan fingerprint density at radius 2 is 1.71 bits per heavy atom. The van der Waals surface area contributed by atoms with Crippen LogP contribution in [-0.4, -0.2) is 23.4 Å². The highest BCUT2D eigenvalue weighted by Gasteiger charge is 2.36. The molecule has 5 nitrogen and oxygen atoms in total. The minimum atomic E-state index is -1.20. The molecule has 0 heterocycles. The first-order valence-electron chi connectivity index (χ1n) is 9.91. The number of hydrogen-bond acceptors (Lipinski definition) is 4. The van der Waals surface area contributed by atoms with Crippen molar-refractivity contribution in [2.24, 2.45) is 5.92 Å². The Morgan fingerprint density at radius 3 is 2.25 bits per heavy atom. The van der Waals surface area contributed by atoms with Gasteiger partial charge in [0.25, 0.3) is 0 Å². The first-order chi connectivity index (χ1) is 13.0. The van der Waals surface area contributed by atoms with E-state index in [0.29, 0.717) is 18.8 Å². The fourth-order valence-corrected chi connectivity index (χ4v) is 2.78. The molecule has 0 saturated heterocycles. The van der Waals surface area contributed by atoms with Gasteiger partial charge in [-0.1, -0.05) is 56.3 Å². The number of carbonyl (C=O) groups excluding carboxylic acids is 2. The lowest BCUT2D eigenvalue weighted by molar-refractivity contribution is -0.159. The normalized spacial score (nSPS) is 14.0. The molecule has 1 amide bonds. The number of carbonyl (C=O) groups is 2. The number of esters is 1. The number of rotatable bonds is 9. The van der Waals surface area contributed by atoms with Crippen LogP contribution < -0.4 is 5.32 Å². The molecular weight excluding hydrogens is 354 g/mol. The van der Waals surface area contributed by atoms with Gasteiger partial charge in [-0.2, -0.15) is 0 Å². The van der Waals surface area contributed by atoms with Crippen LogP contribution in [-0.2, 0) is 20.7 Å². The van der Waals surface area contributed by atoms with E-state index < -0.39 is 23.4 Å². The Morgan fingerprint density at radius 1 is 1.07 bits per heavy atom. The predicted octanol–water partition coefficient (Wildman–Crippen LogP) is 5.40. The van der Waals surface area contributed by atoms with Crippen molar-refractivity contribution < 1.29 is 19.1 Å². The zero-order valence-electron chi connectivity index (χ0n) is 18.1. The average molecular weight is 390 g/mol. The molecule has 0 spiro atoms. The molecule has 5 heteroatoms. The Balaban J connectivity index is 3.06. The molecule has 0 bridgehead atoms. The quantitative estimate of drug-likeness (QED) is 0.349. The van der Waals surface area contributed by atoms with E-state index in [9.17, 15) is 9.59 Å². The second-order valence-electron chi connectivity index (χ2n) is 8.52. The van der Waals surface area contributed by atoms with Crippen molar-refractivity contribution in [3.63, 3.8) is 0 Å². The van der Waals surface area contributed by atoms with Gasteiger partial charge in [-0.15, -0.1) is 0 Å². The van der Waals surface area contributed by atoms with Crippen LogP contribution in [0.15, 0.2) is 42.5 Å². The molecule has 0 aliphatic carbocycles. The number of nitrogens with one attached hydrogen (secondary N) is 1. The lowest BCUT2D eigenvalue weighted by Crippen LogP contribution is -2.54. The molecule has 28 heavy (non-hydrogen) atoms. The smallest absolute Gasteiger partial charge is 0.410 e. The standard InChI is InChI=1S/C23H35NO4/c1-18(2)13-9-8-12-16-23(27-19(3)25,17-20-14-10-7-11-15-20)24-21(26)28-22(4,5)6/h7-8,10-12,14-15,18H,9,13,16-17H2,1-6H3,(H,24,26)/b12-8+. The summed E-state index contributed by atoms with van der Waals surface area (Å²) in [6.45, 7) is 11.1. The lowest BCUT2D eigenvalue weighted by atomic mass is 9.98. The van der Waals surface area contributed by atoms with Crippen LogP contribution in [0.3, 0.4) is 0 Å². The van der Waals surface area contributed by atoms with Gasteiger partial charge in [0.15, 0.2) is 5.72 Å². The summed E-state index contributed by atoms with van der Waals surface area (Å²) in [5.74, 6) is 0.162. The van der Waals surface area contributed by atoms with E-state index in [2.05, 4.69) is 25.2 Å². The van der Waals surface area contributed by atoms with Crippen molar-refractivity contribution in [1.82, 2.24) is 5.32 Å². The second kappa shape index (κ2) is 10.9. The highest BCUT2D eigenvalue weighted by molar-refractivity contribution is 5.71. The Hall–Kier alpha value is -2.30. The number of ether oxygens (including phenoxy) is 2. The summed E-state index contributed by atoms with van der Waals surface area (Å²) < 4.78 is 11.1. The van der Waals surface area contributed by atoms with Gasteiger partial charge in [0.2, 0.25) is 0 Å². The second-order valence-corrected chi connectivity index (χ2v) is 8.52. The third-order valence-electron chi connectivity index (χ3n) is 3.93. The fourth-order valence-electron chi connectivity index (χ4n) is 2.78. The van der Waals surface area contributed by atoms with Gasteiger partial charge in [-0.25, -0.2) is 4.79 Å². The molecule has 0 saturated carbocycles. The highest BCUT2D eigenvalue weighted by Crippen LogP contribution is 2.22. The van der Waals surface area contributed by atoms with Gasteiger partial charge in [-0.05, 0) is 45.1 Å². The average Bonchev–Trinajstić information content (AvgIpc) is 2.52. The van der Waals surface area contributed by atoms with E-state index in [4.69, 9.17) is 9.47 Å². The molecule has 1 unspecified atom stereocenters. The molecule has 0 radical (unpaired) electrons. The van der Waals surface area contributed by atoms with Crippen LogP contribution in [0.5, 0.6) is 0 Å². The summed E-state index contributed by atoms with van der Waals surface area (Å²) in [5.41, 5.74) is -0.897. The molecule has 156 valence electrons. The molecule has 1 rings (SSSR count). The van der Waals surface area contributed by atoms with Crippen LogP contribution in [0.2, 0.25) is 0 Å². The number of amides is 1. The molecule has 0 aromatic heterocycles. The maximum atomic E-state index is 12.5. The van der Waals surface area contributed by atoms with Crippen LogP contribution in [0.25, 0.3) is 0 Å². The van der Waals surface area contributed by atoms with Gasteiger partial charge >= 0.3 is 12.1 Å². The first-order valence-corrected chi connectivity index (χ1v) is 9.91. The van der Waals surface area contributed by atoms with Crippen molar-refractivity contribution in [2.75, 3.05) is 0 Å². The summed E-state index contributed by atoms with van der Waals surface area (Å²) in [6, 6.07) is 9.64. The first kappa shape index (κ1) is 23.7. The van der Waals surface area contributed by atoms with Crippen LogP contribution in [0.4, 0.5) is 4.79 Å². The van der Waals surface area contributed by atoms with E-state index in [0.717, 1.165) is 18.4 Å². The molecule has 1 atom stereocenters. The van der Waals surface area contributed by atoms with Crippen LogP contribution in [0.1, 0.15) is 66.4 Å². The van der Waals surface area contributed by atoms with Crippen molar-refractivity contribution in [3.8, 4) is 0 Å². The predicted molar refractivity (Wildman–Crippen MR) is 112 cm³/mol. The summed E-state index contributed by atoms with van der Waals surface area (Å²) >= 11 is 0. The lowest BCUT2D eigenvalue weighted by Gasteiger charge is -2.34. The van der Waals surface area contributed by atoms with E-state index in [1.807, 2.05) is 36.4 Å². The van der Waals surface area contributed by atoms with Crippen molar-refractivity contribution in [2.45, 2.75) is 78.6 Å². The molecule has 1 aromatic rings. The molecule has 1 aromatic carbocycles. The summed E-state index contributed by atoms with van der Waals surface area (Å²) in [7, 11) is 0. The van der Waals surface area contributed by atoms with E-state index in [1.54, 1.807) is 20.8 Å². The summed E-state index contributed by atoms with van der Waals surface area (Å²) in [5, 5.41) is 2.81. The van der Waals surface area contributed by atoms with Gasteiger partial charge in [-0.3, -0.25) is 10.1 Å². The van der Waals surface area contributed by atoms with Crippen molar-refractivity contribution in [1.29, 1.82) is 0 Å². The Bertz CT molecular complexity index is 646. The number of alkyl carbamates (subject to hydrolysis) is 1. The van der Waals surface area contributed by atoms with Crippen LogP contribution >= 0.6 is 0 Å². The van der Waals surface area contributed by atoms with Crippen molar-refractivity contribution in [3.05, 3.63) is 48.0 Å². The van der Waals surface area contributed by atoms with Crippen LogP contribution in [0, 0.1) is 5.92 Å². The largest absolute Gasteiger partial charge is 0.444 e. The zero-order valence-corrected chi connectivity index (χ0v) is 18.1. The topological polar surface area (TPSA) is 64.6 Å². The third kappa shape index (κ3) is 10.1. The third-order valence-corrected chi connectivity index (χ3v) is 3.93. The molecule has 0 aliphatic heterocycles. The van der Waals surface area contributed by atoms with Gasteiger partial charge in [0.1, 0.15) is 5.60 Å². The summed E-state index contributed by atoms with van der Waals surface area (Å²) in [4.78, 5) is 24.3. The minimum Gasteiger partial charge on any atom is -0.444 e. The molecule has 1 N–H and O–H groups in total. The fraction of sp³-hybridized carbons (Fsp3) is 0.565. The minimum absolute atomic E-state index is 0.348. The van der Waals surface area contributed by atoms with E-state index in [-0.39, 0.29) is 0 Å². The monoisotopic (exact) mass is 389 g/mol. The van der Waals surface area contributed by atoms with Crippen molar-refractivity contribution >= 4 is 12.1 Å². The van der Waals surface area contributed by atoms with Gasteiger partial charge in [0, 0.05) is 19.8 Å². The molecule has 0 fully saturated rings. The van der Waals surface area contributed by atoms with E-state index in [1.165, 1.54) is 6.92 Å². The SMILES string of the molecule is CC(=O)OC(C/C=C/CCC(C)C)(Cc1ccccc1)NC(=O)OC(C)(C)C. The van der Waals surface area contributed by atoms with E-state index >= 15 is 0 Å². The highest BCUT2D eigenvalue weighted by atomic mass is 16.6. The summed E-state index contributed by atoms with van der Waals surface area (Å²) in [6.07, 6.45) is 6.15. The number of hydrogen-bond donors (Lipinski definition) is 1. The Kier molecular flexibility index (Phi) is 9.23. The maximum absolute atomic E-state index is 12.5. The Labute approximate surface area is 169 Å². The maximum Gasteiger partial charge on any atom is 0.410 e. The van der Waals surface area contributed by atoms with Gasteiger partial charge in [0.05, 0.1) is 0 Å². The van der Waals surface area contributed by atoms with Gasteiger partial charge < -0.3 is 9.47 Å².